The highest BCUT2D eigenvalue weighted by Crippen LogP contribution is 2.29. The minimum atomic E-state index is -0.339. The molecule has 0 unspecified atom stereocenters. The van der Waals surface area contributed by atoms with E-state index in [2.05, 4.69) is 39.0 Å². The van der Waals surface area contributed by atoms with Gasteiger partial charge in [0.1, 0.15) is 12.1 Å². The molecule has 0 atom stereocenters. The number of amides is 1. The predicted octanol–water partition coefficient (Wildman–Crippen LogP) is 4.35. The quantitative estimate of drug-likeness (QED) is 0.365. The lowest BCUT2D eigenvalue weighted by atomic mass is 10.0. The first-order chi connectivity index (χ1) is 17.9. The van der Waals surface area contributed by atoms with Gasteiger partial charge in [-0.3, -0.25) is 9.36 Å². The number of aromatic nitrogens is 4. The molecule has 4 aromatic rings. The Kier molecular flexibility index (Phi) is 6.82. The Labute approximate surface area is 214 Å². The van der Waals surface area contributed by atoms with Crippen LogP contribution in [-0.2, 0) is 4.79 Å². The highest BCUT2D eigenvalue weighted by Gasteiger charge is 2.24. The Bertz CT molecular complexity index is 1440. The second-order valence-corrected chi connectivity index (χ2v) is 9.18. The maximum Gasteiger partial charge on any atom is 0.247 e. The number of nitrogens with one attached hydrogen (secondary N) is 2. The van der Waals surface area contributed by atoms with Crippen LogP contribution in [0.1, 0.15) is 12.8 Å². The summed E-state index contributed by atoms with van der Waals surface area (Å²) in [6, 6.07) is 13.9. The monoisotopic (exact) mass is 500 g/mol. The predicted molar refractivity (Wildman–Crippen MR) is 144 cm³/mol. The van der Waals surface area contributed by atoms with E-state index in [4.69, 9.17) is 9.97 Å². The van der Waals surface area contributed by atoms with Crippen LogP contribution < -0.4 is 15.5 Å². The lowest BCUT2D eigenvalue weighted by Gasteiger charge is -2.35. The molecule has 0 aliphatic carbocycles. The molecule has 1 aliphatic rings. The van der Waals surface area contributed by atoms with E-state index in [1.54, 1.807) is 29.1 Å². The summed E-state index contributed by atoms with van der Waals surface area (Å²) in [6.45, 7) is 5.51. The van der Waals surface area contributed by atoms with Gasteiger partial charge in [0.25, 0.3) is 0 Å². The number of halogens is 1. The van der Waals surface area contributed by atoms with Crippen LogP contribution in [0.2, 0.25) is 0 Å². The van der Waals surface area contributed by atoms with Crippen molar-refractivity contribution in [2.75, 3.05) is 42.7 Å². The zero-order valence-electron chi connectivity index (χ0n) is 20.9. The fourth-order valence-corrected chi connectivity index (χ4v) is 4.50. The summed E-state index contributed by atoms with van der Waals surface area (Å²) < 4.78 is 15.8. The van der Waals surface area contributed by atoms with Gasteiger partial charge in [0.05, 0.1) is 5.69 Å². The molecule has 2 N–H and O–H groups in total. The molecule has 5 rings (SSSR count). The van der Waals surface area contributed by atoms with Crippen molar-refractivity contribution >= 4 is 40.2 Å². The molecule has 1 amide bonds. The van der Waals surface area contributed by atoms with Crippen molar-refractivity contribution in [3.63, 3.8) is 0 Å². The molecule has 2 aromatic carbocycles. The van der Waals surface area contributed by atoms with E-state index in [-0.39, 0.29) is 11.7 Å². The van der Waals surface area contributed by atoms with Gasteiger partial charge in [-0.2, -0.15) is 9.97 Å². The van der Waals surface area contributed by atoms with Crippen LogP contribution >= 0.6 is 0 Å². The van der Waals surface area contributed by atoms with Gasteiger partial charge in [-0.05, 0) is 75.5 Å². The number of carbonyl (C=O) groups excluding carboxylic acids is 1. The maximum atomic E-state index is 14.0. The highest BCUT2D eigenvalue weighted by atomic mass is 19.1. The van der Waals surface area contributed by atoms with Gasteiger partial charge in [0, 0.05) is 24.5 Å². The number of hydrogen-bond acceptors (Lipinski definition) is 7. The summed E-state index contributed by atoms with van der Waals surface area (Å²) in [5.74, 6) is 0.437. The van der Waals surface area contributed by atoms with Crippen molar-refractivity contribution < 1.29 is 9.18 Å². The molecular formula is C27H29FN8O. The second kappa shape index (κ2) is 10.4. The van der Waals surface area contributed by atoms with Crippen LogP contribution in [0.4, 0.5) is 27.5 Å². The number of carbonyl (C=O) groups is 1. The number of nitrogens with zero attached hydrogens (tertiary/aromatic N) is 6. The highest BCUT2D eigenvalue weighted by molar-refractivity contribution is 5.99. The van der Waals surface area contributed by atoms with Crippen LogP contribution in [0.5, 0.6) is 0 Å². The van der Waals surface area contributed by atoms with Crippen molar-refractivity contribution in [1.29, 1.82) is 0 Å². The summed E-state index contributed by atoms with van der Waals surface area (Å²) in [7, 11) is 4.14. The van der Waals surface area contributed by atoms with Gasteiger partial charge in [-0.15, -0.1) is 0 Å². The van der Waals surface area contributed by atoms with Crippen molar-refractivity contribution in [1.82, 2.24) is 24.4 Å². The topological polar surface area (TPSA) is 91.2 Å². The molecule has 0 radical (unpaired) electrons. The van der Waals surface area contributed by atoms with Gasteiger partial charge in [0.15, 0.2) is 17.0 Å². The Hall–Kier alpha value is -4.31. The van der Waals surface area contributed by atoms with E-state index in [1.807, 2.05) is 25.2 Å². The third-order valence-corrected chi connectivity index (χ3v) is 6.60. The van der Waals surface area contributed by atoms with Gasteiger partial charge in [-0.1, -0.05) is 18.7 Å². The maximum absolute atomic E-state index is 14.0. The van der Waals surface area contributed by atoms with E-state index in [9.17, 15) is 9.18 Å². The number of fused-ring (bicyclic) bond motifs is 1. The van der Waals surface area contributed by atoms with Gasteiger partial charge < -0.3 is 20.4 Å². The van der Waals surface area contributed by atoms with Crippen LogP contribution in [0.15, 0.2) is 67.5 Å². The molecule has 1 fully saturated rings. The number of rotatable bonds is 7. The normalized spacial score (nSPS) is 14.5. The molecular weight excluding hydrogens is 471 g/mol. The van der Waals surface area contributed by atoms with Crippen LogP contribution in [0, 0.1) is 5.82 Å². The number of anilines is 4. The smallest absolute Gasteiger partial charge is 0.247 e. The first-order valence-corrected chi connectivity index (χ1v) is 12.1. The van der Waals surface area contributed by atoms with Crippen molar-refractivity contribution in [2.24, 2.45) is 0 Å². The third-order valence-electron chi connectivity index (χ3n) is 6.60. The Morgan fingerprint density at radius 2 is 1.89 bits per heavy atom. The number of hydrogen-bond donors (Lipinski definition) is 2. The van der Waals surface area contributed by atoms with Crippen LogP contribution in [0.25, 0.3) is 16.9 Å². The third kappa shape index (κ3) is 5.29. The molecule has 10 heteroatoms. The number of likely N-dealkylation sites (tertiary alicyclic amines) is 1. The second-order valence-electron chi connectivity index (χ2n) is 9.18. The summed E-state index contributed by atoms with van der Waals surface area (Å²) in [6.07, 6.45) is 4.86. The Morgan fingerprint density at radius 3 is 2.65 bits per heavy atom. The zero-order valence-corrected chi connectivity index (χ0v) is 20.9. The van der Waals surface area contributed by atoms with Crippen molar-refractivity contribution in [3.05, 3.63) is 73.3 Å². The fraction of sp³-hybridized carbons (Fsp3) is 0.259. The summed E-state index contributed by atoms with van der Waals surface area (Å²) >= 11 is 0. The molecule has 0 saturated carbocycles. The van der Waals surface area contributed by atoms with E-state index < -0.39 is 0 Å². The number of piperidine rings is 1. The molecule has 37 heavy (non-hydrogen) atoms. The minimum absolute atomic E-state index is 0.294. The van der Waals surface area contributed by atoms with Crippen molar-refractivity contribution in [2.45, 2.75) is 18.9 Å². The Balaban J connectivity index is 1.57. The van der Waals surface area contributed by atoms with Crippen molar-refractivity contribution in [3.8, 4) is 5.69 Å². The summed E-state index contributed by atoms with van der Waals surface area (Å²) in [5, 5.41) is 6.11. The summed E-state index contributed by atoms with van der Waals surface area (Å²) in [5.41, 5.74) is 3.07. The van der Waals surface area contributed by atoms with E-state index in [0.29, 0.717) is 40.3 Å². The van der Waals surface area contributed by atoms with Crippen LogP contribution in [0.3, 0.4) is 0 Å². The number of imidazole rings is 1. The zero-order chi connectivity index (χ0) is 25.9. The van der Waals surface area contributed by atoms with Crippen LogP contribution in [-0.4, -0.2) is 63.6 Å². The molecule has 2 aromatic heterocycles. The molecule has 1 saturated heterocycles. The van der Waals surface area contributed by atoms with Gasteiger partial charge in [0.2, 0.25) is 11.9 Å². The summed E-state index contributed by atoms with van der Waals surface area (Å²) in [4.78, 5) is 30.5. The van der Waals surface area contributed by atoms with Gasteiger partial charge in [-0.25, -0.2) is 9.37 Å². The number of benzene rings is 2. The lowest BCUT2D eigenvalue weighted by molar-refractivity contribution is -0.111. The van der Waals surface area contributed by atoms with E-state index >= 15 is 0 Å². The molecule has 3 heterocycles. The first kappa shape index (κ1) is 24.4. The molecule has 0 bridgehead atoms. The van der Waals surface area contributed by atoms with E-state index in [1.165, 1.54) is 18.2 Å². The average molecular weight is 501 g/mol. The minimum Gasteiger partial charge on any atom is -0.341 e. The fourth-order valence-electron chi connectivity index (χ4n) is 4.50. The largest absolute Gasteiger partial charge is 0.341 e. The standard InChI is InChI=1S/C27H29FN8O/c1-4-23(37)30-19-8-6-9-20(16-19)31-25-24-26(36(17-29-24)22-10-5-7-18(28)15-22)33-27(32-25)35(3)21-11-13-34(2)14-12-21/h4-10,15-17,21H,1,11-14H2,2-3H3,(H,30,37)(H,31,32,33). The Morgan fingerprint density at radius 1 is 1.14 bits per heavy atom. The average Bonchev–Trinajstić information content (AvgIpc) is 3.33. The molecule has 9 nitrogen and oxygen atoms in total. The van der Waals surface area contributed by atoms with Gasteiger partial charge >= 0.3 is 0 Å². The molecule has 0 spiro atoms. The first-order valence-electron chi connectivity index (χ1n) is 12.1. The lowest BCUT2D eigenvalue weighted by Crippen LogP contribution is -2.42. The molecule has 190 valence electrons. The van der Waals surface area contributed by atoms with E-state index in [0.717, 1.165) is 31.6 Å². The molecule has 1 aliphatic heterocycles. The SMILES string of the molecule is C=CC(=O)Nc1cccc(Nc2nc(N(C)C3CCN(C)CC3)nc3c2ncn3-c2cccc(F)c2)c1.